The Morgan fingerprint density at radius 1 is 1.33 bits per heavy atom. The minimum atomic E-state index is 0.721. The van der Waals surface area contributed by atoms with Gasteiger partial charge in [0.05, 0.1) is 6.20 Å². The van der Waals surface area contributed by atoms with E-state index in [1.807, 2.05) is 13.2 Å². The Bertz CT molecular complexity index is 285. The number of nitrogens with one attached hydrogen (secondary N) is 2. The molecule has 0 amide bonds. The Hall–Kier alpha value is -0.830. The number of hydrogen-bond donors (Lipinski definition) is 2. The number of nitrogens with zero attached hydrogens (tertiary/aromatic N) is 1. The smallest absolute Gasteiger partial charge is 0.0535 e. The monoisotopic (exact) mass is 207 g/mol. The Morgan fingerprint density at radius 3 is 2.73 bits per heavy atom. The summed E-state index contributed by atoms with van der Waals surface area (Å²) in [7, 11) is 1.99. The zero-order chi connectivity index (χ0) is 10.5. The van der Waals surface area contributed by atoms with Gasteiger partial charge in [0.2, 0.25) is 0 Å². The quantitative estimate of drug-likeness (QED) is 0.748. The molecular weight excluding hydrogens is 186 g/mol. The lowest BCUT2D eigenvalue weighted by Gasteiger charge is -2.13. The van der Waals surface area contributed by atoms with Crippen molar-refractivity contribution in [3.05, 3.63) is 17.5 Å². The van der Waals surface area contributed by atoms with Crippen molar-refractivity contribution in [2.45, 2.75) is 51.0 Å². The van der Waals surface area contributed by atoms with Crippen LogP contribution >= 0.6 is 0 Å². The number of H-pyrrole nitrogens is 1. The van der Waals surface area contributed by atoms with Gasteiger partial charge >= 0.3 is 0 Å². The highest BCUT2D eigenvalue weighted by Crippen LogP contribution is 2.31. The number of hydrogen-bond acceptors (Lipinski definition) is 2. The third-order valence-electron chi connectivity index (χ3n) is 3.38. The molecule has 1 fully saturated rings. The molecule has 2 N–H and O–H groups in total. The molecule has 1 heterocycles. The average molecular weight is 207 g/mol. The summed E-state index contributed by atoms with van der Waals surface area (Å²) in [5, 5.41) is 10.6. The van der Waals surface area contributed by atoms with Gasteiger partial charge in [-0.1, -0.05) is 25.7 Å². The molecule has 3 nitrogen and oxygen atoms in total. The van der Waals surface area contributed by atoms with Crippen LogP contribution in [0.2, 0.25) is 0 Å². The maximum absolute atomic E-state index is 4.18. The van der Waals surface area contributed by atoms with Gasteiger partial charge < -0.3 is 5.32 Å². The van der Waals surface area contributed by atoms with Gasteiger partial charge in [0.15, 0.2) is 0 Å². The van der Waals surface area contributed by atoms with Crippen LogP contribution in [0.15, 0.2) is 6.20 Å². The van der Waals surface area contributed by atoms with Crippen LogP contribution in [-0.2, 0) is 6.54 Å². The fraction of sp³-hybridized carbons (Fsp3) is 0.750. The lowest BCUT2D eigenvalue weighted by Crippen LogP contribution is -2.09. The Kier molecular flexibility index (Phi) is 3.78. The second-order valence-corrected chi connectivity index (χ2v) is 4.53. The first-order valence-corrected chi connectivity index (χ1v) is 6.08. The third kappa shape index (κ3) is 2.59. The van der Waals surface area contributed by atoms with Crippen LogP contribution in [-0.4, -0.2) is 17.2 Å². The fourth-order valence-corrected chi connectivity index (χ4v) is 2.57. The zero-order valence-corrected chi connectivity index (χ0v) is 9.55. The van der Waals surface area contributed by atoms with Gasteiger partial charge in [0.25, 0.3) is 0 Å². The molecule has 0 saturated heterocycles. The highest BCUT2D eigenvalue weighted by molar-refractivity contribution is 5.20. The van der Waals surface area contributed by atoms with E-state index < -0.39 is 0 Å². The second-order valence-electron chi connectivity index (χ2n) is 4.53. The molecule has 1 aromatic rings. The molecule has 2 rings (SSSR count). The first-order valence-electron chi connectivity index (χ1n) is 6.08. The van der Waals surface area contributed by atoms with Crippen molar-refractivity contribution in [3.63, 3.8) is 0 Å². The summed E-state index contributed by atoms with van der Waals surface area (Å²) < 4.78 is 0. The SMILES string of the molecule is CNCc1cn[nH]c1C1CCCCCC1. The predicted octanol–water partition coefficient (Wildman–Crippen LogP) is 2.57. The summed E-state index contributed by atoms with van der Waals surface area (Å²) in [5.41, 5.74) is 2.73. The largest absolute Gasteiger partial charge is 0.316 e. The molecule has 0 aliphatic heterocycles. The fourth-order valence-electron chi connectivity index (χ4n) is 2.57. The molecular formula is C12H21N3. The van der Waals surface area contributed by atoms with Gasteiger partial charge in [0.1, 0.15) is 0 Å². The van der Waals surface area contributed by atoms with Crippen molar-refractivity contribution < 1.29 is 0 Å². The van der Waals surface area contributed by atoms with Crippen LogP contribution < -0.4 is 5.32 Å². The van der Waals surface area contributed by atoms with Gasteiger partial charge in [-0.2, -0.15) is 5.10 Å². The molecule has 84 valence electrons. The van der Waals surface area contributed by atoms with E-state index in [4.69, 9.17) is 0 Å². The van der Waals surface area contributed by atoms with Crippen molar-refractivity contribution in [1.82, 2.24) is 15.5 Å². The minimum Gasteiger partial charge on any atom is -0.316 e. The van der Waals surface area contributed by atoms with Gasteiger partial charge in [0, 0.05) is 23.7 Å². The van der Waals surface area contributed by atoms with E-state index in [2.05, 4.69) is 15.5 Å². The van der Waals surface area contributed by atoms with Crippen LogP contribution in [0, 0.1) is 0 Å². The van der Waals surface area contributed by atoms with Crippen LogP contribution in [0.3, 0.4) is 0 Å². The topological polar surface area (TPSA) is 40.7 Å². The van der Waals surface area contributed by atoms with Gasteiger partial charge in [-0.3, -0.25) is 5.10 Å². The highest BCUT2D eigenvalue weighted by atomic mass is 15.1. The van der Waals surface area contributed by atoms with E-state index in [-0.39, 0.29) is 0 Å². The minimum absolute atomic E-state index is 0.721. The Balaban J connectivity index is 2.08. The molecule has 0 unspecified atom stereocenters. The molecule has 1 saturated carbocycles. The maximum atomic E-state index is 4.18. The average Bonchev–Trinajstić information content (AvgIpc) is 2.53. The van der Waals surface area contributed by atoms with Crippen LogP contribution in [0.1, 0.15) is 55.7 Å². The van der Waals surface area contributed by atoms with Crippen LogP contribution in [0.25, 0.3) is 0 Å². The summed E-state index contributed by atoms with van der Waals surface area (Å²) in [6, 6.07) is 0. The number of rotatable bonds is 3. The molecule has 0 spiro atoms. The van der Waals surface area contributed by atoms with Crippen molar-refractivity contribution in [2.75, 3.05) is 7.05 Å². The lowest BCUT2D eigenvalue weighted by atomic mass is 9.94. The second kappa shape index (κ2) is 5.31. The summed E-state index contributed by atoms with van der Waals surface area (Å²) in [6.07, 6.45) is 10.2. The summed E-state index contributed by atoms with van der Waals surface area (Å²) in [4.78, 5) is 0. The van der Waals surface area contributed by atoms with E-state index in [0.29, 0.717) is 0 Å². The van der Waals surface area contributed by atoms with Crippen molar-refractivity contribution in [3.8, 4) is 0 Å². The Morgan fingerprint density at radius 2 is 2.07 bits per heavy atom. The highest BCUT2D eigenvalue weighted by Gasteiger charge is 2.18. The van der Waals surface area contributed by atoms with Crippen LogP contribution in [0.5, 0.6) is 0 Å². The molecule has 0 radical (unpaired) electrons. The predicted molar refractivity (Wildman–Crippen MR) is 61.8 cm³/mol. The normalized spacial score (nSPS) is 19.0. The van der Waals surface area contributed by atoms with E-state index in [1.165, 1.54) is 49.8 Å². The molecule has 0 atom stereocenters. The first kappa shape index (κ1) is 10.7. The van der Waals surface area contributed by atoms with Crippen molar-refractivity contribution in [1.29, 1.82) is 0 Å². The maximum Gasteiger partial charge on any atom is 0.0535 e. The molecule has 1 aromatic heterocycles. The van der Waals surface area contributed by atoms with Crippen molar-refractivity contribution >= 4 is 0 Å². The molecule has 0 bridgehead atoms. The summed E-state index contributed by atoms with van der Waals surface area (Å²) in [5.74, 6) is 0.721. The third-order valence-corrected chi connectivity index (χ3v) is 3.38. The first-order chi connectivity index (χ1) is 7.42. The molecule has 15 heavy (non-hydrogen) atoms. The summed E-state index contributed by atoms with van der Waals surface area (Å²) >= 11 is 0. The van der Waals surface area contributed by atoms with Crippen molar-refractivity contribution in [2.24, 2.45) is 0 Å². The van der Waals surface area contributed by atoms with Gasteiger partial charge in [-0.15, -0.1) is 0 Å². The van der Waals surface area contributed by atoms with Gasteiger partial charge in [-0.05, 0) is 19.9 Å². The molecule has 0 aromatic carbocycles. The summed E-state index contributed by atoms with van der Waals surface area (Å²) in [6.45, 7) is 0.933. The van der Waals surface area contributed by atoms with E-state index >= 15 is 0 Å². The number of aromatic amines is 1. The van der Waals surface area contributed by atoms with Gasteiger partial charge in [-0.25, -0.2) is 0 Å². The zero-order valence-electron chi connectivity index (χ0n) is 9.55. The molecule has 1 aliphatic carbocycles. The molecule has 1 aliphatic rings. The van der Waals surface area contributed by atoms with E-state index in [0.717, 1.165) is 12.5 Å². The van der Waals surface area contributed by atoms with Crippen LogP contribution in [0.4, 0.5) is 0 Å². The lowest BCUT2D eigenvalue weighted by molar-refractivity contribution is 0.569. The molecule has 3 heteroatoms. The van der Waals surface area contributed by atoms with E-state index in [1.54, 1.807) is 0 Å². The Labute approximate surface area is 91.7 Å². The number of aromatic nitrogens is 2. The van der Waals surface area contributed by atoms with E-state index in [9.17, 15) is 0 Å². The standard InChI is InChI=1S/C12H21N3/c1-13-8-11-9-14-15-12(11)10-6-4-2-3-5-7-10/h9-10,13H,2-8H2,1H3,(H,14,15).